The highest BCUT2D eigenvalue weighted by atomic mass is 19.1. The molecule has 0 aliphatic carbocycles. The Morgan fingerprint density at radius 1 is 0.842 bits per heavy atom. The maximum absolute atomic E-state index is 13.6. The van der Waals surface area contributed by atoms with Crippen molar-refractivity contribution >= 4 is 17.1 Å². The Morgan fingerprint density at radius 3 is 2.21 bits per heavy atom. The van der Waals surface area contributed by atoms with Crippen molar-refractivity contribution < 1.29 is 17.6 Å². The smallest absolute Gasteiger partial charge is 0.151 e. The standard InChI is InChI=1S/C13H10F4N2/c1-6-2-9(16)11(5-8(6)15)19-12-4-7(14)3-10(17)13(12)18/h2-5,19H,18H2,1H3. The van der Waals surface area contributed by atoms with Crippen molar-refractivity contribution in [1.29, 1.82) is 0 Å². The van der Waals surface area contributed by atoms with Crippen LogP contribution < -0.4 is 11.1 Å². The predicted octanol–water partition coefficient (Wildman–Crippen LogP) is 3.88. The Balaban J connectivity index is 2.44. The molecule has 2 aromatic rings. The molecule has 0 saturated heterocycles. The molecule has 0 heterocycles. The highest BCUT2D eigenvalue weighted by molar-refractivity contribution is 5.73. The van der Waals surface area contributed by atoms with Gasteiger partial charge in [-0.3, -0.25) is 0 Å². The average molecular weight is 270 g/mol. The lowest BCUT2D eigenvalue weighted by Gasteiger charge is -2.12. The van der Waals surface area contributed by atoms with Gasteiger partial charge in [-0.1, -0.05) is 0 Å². The van der Waals surface area contributed by atoms with E-state index in [0.29, 0.717) is 6.07 Å². The van der Waals surface area contributed by atoms with E-state index in [2.05, 4.69) is 5.32 Å². The molecule has 0 unspecified atom stereocenters. The zero-order chi connectivity index (χ0) is 14.2. The summed E-state index contributed by atoms with van der Waals surface area (Å²) in [5.41, 5.74) is 4.73. The summed E-state index contributed by atoms with van der Waals surface area (Å²) in [5, 5.41) is 2.37. The van der Waals surface area contributed by atoms with Crippen LogP contribution in [0.2, 0.25) is 0 Å². The number of nitrogens with one attached hydrogen (secondary N) is 1. The van der Waals surface area contributed by atoms with Crippen LogP contribution in [0.15, 0.2) is 24.3 Å². The molecule has 3 N–H and O–H groups in total. The highest BCUT2D eigenvalue weighted by Crippen LogP contribution is 2.29. The van der Waals surface area contributed by atoms with Crippen LogP contribution in [-0.2, 0) is 0 Å². The van der Waals surface area contributed by atoms with Crippen molar-refractivity contribution in [2.75, 3.05) is 11.1 Å². The molecular formula is C13H10F4N2. The Labute approximate surface area is 106 Å². The highest BCUT2D eigenvalue weighted by Gasteiger charge is 2.12. The zero-order valence-electron chi connectivity index (χ0n) is 9.90. The first-order chi connectivity index (χ1) is 8.88. The summed E-state index contributed by atoms with van der Waals surface area (Å²) in [6.07, 6.45) is 0. The molecule has 6 heteroatoms. The molecule has 2 aromatic carbocycles. The number of halogens is 4. The fraction of sp³-hybridized carbons (Fsp3) is 0.0769. The van der Waals surface area contributed by atoms with Crippen LogP contribution in [0.4, 0.5) is 34.6 Å². The van der Waals surface area contributed by atoms with Gasteiger partial charge in [0.15, 0.2) is 5.82 Å². The van der Waals surface area contributed by atoms with Crippen LogP contribution in [0.5, 0.6) is 0 Å². The molecule has 2 nitrogen and oxygen atoms in total. The van der Waals surface area contributed by atoms with Gasteiger partial charge in [0.1, 0.15) is 17.5 Å². The summed E-state index contributed by atoms with van der Waals surface area (Å²) >= 11 is 0. The summed E-state index contributed by atoms with van der Waals surface area (Å²) in [7, 11) is 0. The second-order valence-electron chi connectivity index (χ2n) is 4.06. The van der Waals surface area contributed by atoms with E-state index in [0.717, 1.165) is 18.2 Å². The van der Waals surface area contributed by atoms with Crippen LogP contribution in [0.3, 0.4) is 0 Å². The topological polar surface area (TPSA) is 38.0 Å². The van der Waals surface area contributed by atoms with E-state index >= 15 is 0 Å². The molecule has 0 saturated carbocycles. The monoisotopic (exact) mass is 270 g/mol. The number of nitrogens with two attached hydrogens (primary N) is 1. The van der Waals surface area contributed by atoms with Crippen LogP contribution in [0.25, 0.3) is 0 Å². The lowest BCUT2D eigenvalue weighted by atomic mass is 10.2. The lowest BCUT2D eigenvalue weighted by Crippen LogP contribution is -2.02. The molecule has 0 aliphatic rings. The summed E-state index contributed by atoms with van der Waals surface area (Å²) in [5.74, 6) is -3.24. The zero-order valence-corrected chi connectivity index (χ0v) is 9.90. The minimum Gasteiger partial charge on any atom is -0.395 e. The summed E-state index contributed by atoms with van der Waals surface area (Å²) < 4.78 is 53.2. The molecule has 2 rings (SSSR count). The molecular weight excluding hydrogens is 260 g/mol. The van der Waals surface area contributed by atoms with Crippen LogP contribution >= 0.6 is 0 Å². The van der Waals surface area contributed by atoms with Gasteiger partial charge < -0.3 is 11.1 Å². The molecule has 0 aliphatic heterocycles. The second-order valence-corrected chi connectivity index (χ2v) is 4.06. The second kappa shape index (κ2) is 4.79. The summed E-state index contributed by atoms with van der Waals surface area (Å²) in [6, 6.07) is 3.37. The average Bonchev–Trinajstić information content (AvgIpc) is 2.32. The molecule has 0 radical (unpaired) electrons. The fourth-order valence-corrected chi connectivity index (χ4v) is 1.58. The van der Waals surface area contributed by atoms with Crippen molar-refractivity contribution in [2.24, 2.45) is 0 Å². The predicted molar refractivity (Wildman–Crippen MR) is 65.1 cm³/mol. The van der Waals surface area contributed by atoms with Crippen molar-refractivity contribution in [2.45, 2.75) is 6.92 Å². The SMILES string of the molecule is Cc1cc(F)c(Nc2cc(F)cc(F)c2N)cc1F. The maximum Gasteiger partial charge on any atom is 0.151 e. The van der Waals surface area contributed by atoms with Crippen LogP contribution in [0, 0.1) is 30.2 Å². The minimum atomic E-state index is -0.976. The van der Waals surface area contributed by atoms with E-state index in [9.17, 15) is 17.6 Å². The number of benzene rings is 2. The third kappa shape index (κ3) is 2.62. The van der Waals surface area contributed by atoms with E-state index in [-0.39, 0.29) is 22.6 Å². The van der Waals surface area contributed by atoms with Crippen LogP contribution in [0.1, 0.15) is 5.56 Å². The van der Waals surface area contributed by atoms with Gasteiger partial charge >= 0.3 is 0 Å². The Kier molecular flexibility index (Phi) is 3.33. The maximum atomic E-state index is 13.6. The number of hydrogen-bond acceptors (Lipinski definition) is 2. The number of anilines is 3. The van der Waals surface area contributed by atoms with E-state index < -0.39 is 23.3 Å². The molecule has 0 amide bonds. The van der Waals surface area contributed by atoms with E-state index in [1.165, 1.54) is 6.92 Å². The first-order valence-electron chi connectivity index (χ1n) is 5.35. The number of aryl methyl sites for hydroxylation is 1. The Hall–Kier alpha value is -2.24. The van der Waals surface area contributed by atoms with E-state index in [1.807, 2.05) is 0 Å². The van der Waals surface area contributed by atoms with Gasteiger partial charge in [0.2, 0.25) is 0 Å². The molecule has 0 aromatic heterocycles. The largest absolute Gasteiger partial charge is 0.395 e. The lowest BCUT2D eigenvalue weighted by molar-refractivity contribution is 0.586. The first kappa shape index (κ1) is 13.2. The minimum absolute atomic E-state index is 0.126. The number of hydrogen-bond donors (Lipinski definition) is 2. The van der Waals surface area contributed by atoms with Crippen molar-refractivity contribution in [3.63, 3.8) is 0 Å². The Bertz CT molecular complexity index is 641. The van der Waals surface area contributed by atoms with E-state index in [1.54, 1.807) is 0 Å². The van der Waals surface area contributed by atoms with Gasteiger partial charge in [0.05, 0.1) is 17.1 Å². The van der Waals surface area contributed by atoms with Crippen molar-refractivity contribution in [3.8, 4) is 0 Å². The van der Waals surface area contributed by atoms with Crippen LogP contribution in [-0.4, -0.2) is 0 Å². The van der Waals surface area contributed by atoms with Gasteiger partial charge in [-0.15, -0.1) is 0 Å². The summed E-state index contributed by atoms with van der Waals surface area (Å²) in [6.45, 7) is 1.40. The van der Waals surface area contributed by atoms with Gasteiger partial charge in [0.25, 0.3) is 0 Å². The van der Waals surface area contributed by atoms with Gasteiger partial charge in [0, 0.05) is 12.1 Å². The third-order valence-corrected chi connectivity index (χ3v) is 2.61. The fourth-order valence-electron chi connectivity index (χ4n) is 1.58. The third-order valence-electron chi connectivity index (χ3n) is 2.61. The quantitative estimate of drug-likeness (QED) is 0.642. The molecule has 19 heavy (non-hydrogen) atoms. The first-order valence-corrected chi connectivity index (χ1v) is 5.35. The number of rotatable bonds is 2. The molecule has 0 atom stereocenters. The normalized spacial score (nSPS) is 10.6. The van der Waals surface area contributed by atoms with Gasteiger partial charge in [-0.2, -0.15) is 0 Å². The molecule has 100 valence electrons. The Morgan fingerprint density at radius 2 is 1.53 bits per heavy atom. The molecule has 0 fully saturated rings. The molecule has 0 spiro atoms. The van der Waals surface area contributed by atoms with Gasteiger partial charge in [-0.25, -0.2) is 17.6 Å². The summed E-state index contributed by atoms with van der Waals surface area (Å²) in [4.78, 5) is 0. The molecule has 0 bridgehead atoms. The van der Waals surface area contributed by atoms with Crippen molar-refractivity contribution in [1.82, 2.24) is 0 Å². The van der Waals surface area contributed by atoms with E-state index in [4.69, 9.17) is 5.73 Å². The number of nitrogen functional groups attached to an aromatic ring is 1. The van der Waals surface area contributed by atoms with Gasteiger partial charge in [-0.05, 0) is 24.6 Å². The van der Waals surface area contributed by atoms with Crippen molar-refractivity contribution in [3.05, 3.63) is 53.1 Å².